The number of nitrogens with two attached hydrogens (primary N) is 1. The second-order valence-electron chi connectivity index (χ2n) is 4.41. The third-order valence-corrected chi connectivity index (χ3v) is 3.79. The van der Waals surface area contributed by atoms with Crippen molar-refractivity contribution in [1.29, 1.82) is 5.26 Å². The lowest BCUT2D eigenvalue weighted by Gasteiger charge is -2.06. The van der Waals surface area contributed by atoms with Crippen molar-refractivity contribution >= 4 is 15.8 Å². The van der Waals surface area contributed by atoms with E-state index >= 15 is 0 Å². The Morgan fingerprint density at radius 3 is 2.57 bits per heavy atom. The van der Waals surface area contributed by atoms with E-state index in [4.69, 9.17) is 10.4 Å². The topological polar surface area (TPSA) is 109 Å². The molecule has 21 heavy (non-hydrogen) atoms. The van der Waals surface area contributed by atoms with Crippen LogP contribution in [0.25, 0.3) is 0 Å². The van der Waals surface area contributed by atoms with Gasteiger partial charge in [-0.05, 0) is 36.2 Å². The van der Waals surface area contributed by atoms with Crippen LogP contribution in [0, 0.1) is 11.3 Å². The molecule has 2 aromatic rings. The normalized spacial score (nSPS) is 10.9. The van der Waals surface area contributed by atoms with Crippen molar-refractivity contribution in [2.45, 2.75) is 11.3 Å². The summed E-state index contributed by atoms with van der Waals surface area (Å²) >= 11 is 0. The van der Waals surface area contributed by atoms with Crippen LogP contribution in [0.4, 0.5) is 5.82 Å². The largest absolute Gasteiger partial charge is 0.370 e. The van der Waals surface area contributed by atoms with E-state index in [0.29, 0.717) is 24.3 Å². The average Bonchev–Trinajstić information content (AvgIpc) is 2.47. The lowest BCUT2D eigenvalue weighted by Crippen LogP contribution is -2.12. The van der Waals surface area contributed by atoms with Gasteiger partial charge in [0, 0.05) is 12.7 Å². The minimum absolute atomic E-state index is 0.0996. The Kier molecular flexibility index (Phi) is 4.52. The predicted molar refractivity (Wildman–Crippen MR) is 79.0 cm³/mol. The summed E-state index contributed by atoms with van der Waals surface area (Å²) in [5.74, 6) is 0.634. The molecule has 108 valence electrons. The molecule has 0 aliphatic rings. The highest BCUT2D eigenvalue weighted by Crippen LogP contribution is 2.10. The highest BCUT2D eigenvalue weighted by Gasteiger charge is 2.06. The highest BCUT2D eigenvalue weighted by molar-refractivity contribution is 7.89. The summed E-state index contributed by atoms with van der Waals surface area (Å²) in [6.07, 6.45) is 2.27. The SMILES string of the molecule is N#Cc1ccnc(NCCc2ccc(S(N)(=O)=O)cc2)c1. The van der Waals surface area contributed by atoms with Crippen molar-refractivity contribution in [3.63, 3.8) is 0 Å². The Labute approximate surface area is 123 Å². The molecule has 0 fully saturated rings. The minimum atomic E-state index is -3.65. The molecule has 0 spiro atoms. The van der Waals surface area contributed by atoms with Gasteiger partial charge in [0.15, 0.2) is 0 Å². The molecule has 0 atom stereocenters. The Morgan fingerprint density at radius 2 is 1.95 bits per heavy atom. The van der Waals surface area contributed by atoms with Crippen molar-refractivity contribution in [1.82, 2.24) is 4.98 Å². The molecule has 0 aliphatic heterocycles. The number of hydrogen-bond donors (Lipinski definition) is 2. The maximum Gasteiger partial charge on any atom is 0.238 e. The van der Waals surface area contributed by atoms with Gasteiger partial charge in [0.2, 0.25) is 10.0 Å². The average molecular weight is 302 g/mol. The van der Waals surface area contributed by atoms with Crippen LogP contribution in [0.1, 0.15) is 11.1 Å². The molecular formula is C14H14N4O2S. The second kappa shape index (κ2) is 6.35. The Bertz CT molecular complexity index is 764. The number of nitriles is 1. The molecule has 0 aliphatic carbocycles. The van der Waals surface area contributed by atoms with Crippen molar-refractivity contribution in [2.24, 2.45) is 5.14 Å². The van der Waals surface area contributed by atoms with Gasteiger partial charge in [0.05, 0.1) is 16.5 Å². The maximum absolute atomic E-state index is 11.1. The van der Waals surface area contributed by atoms with E-state index in [1.165, 1.54) is 12.1 Å². The standard InChI is InChI=1S/C14H14N4O2S/c15-10-12-6-8-18-14(9-12)17-7-5-11-1-3-13(4-2-11)21(16,19)20/h1-4,6,8-9H,5,7H2,(H,17,18)(H2,16,19,20). The first-order valence-electron chi connectivity index (χ1n) is 6.21. The number of aromatic nitrogens is 1. The molecule has 1 aromatic carbocycles. The van der Waals surface area contributed by atoms with E-state index in [0.717, 1.165) is 5.56 Å². The zero-order valence-electron chi connectivity index (χ0n) is 11.2. The number of benzene rings is 1. The maximum atomic E-state index is 11.1. The van der Waals surface area contributed by atoms with E-state index in [1.54, 1.807) is 30.5 Å². The van der Waals surface area contributed by atoms with E-state index in [2.05, 4.69) is 10.3 Å². The van der Waals surface area contributed by atoms with Gasteiger partial charge in [-0.3, -0.25) is 0 Å². The zero-order chi connectivity index (χ0) is 15.3. The number of sulfonamides is 1. The first kappa shape index (κ1) is 15.0. The van der Waals surface area contributed by atoms with E-state index in [1.807, 2.05) is 6.07 Å². The molecule has 0 saturated carbocycles. The molecule has 6 nitrogen and oxygen atoms in total. The third-order valence-electron chi connectivity index (χ3n) is 2.86. The monoisotopic (exact) mass is 302 g/mol. The van der Waals surface area contributed by atoms with Crippen molar-refractivity contribution in [2.75, 3.05) is 11.9 Å². The van der Waals surface area contributed by atoms with Crippen LogP contribution in [-0.2, 0) is 16.4 Å². The lowest BCUT2D eigenvalue weighted by molar-refractivity contribution is 0.598. The summed E-state index contributed by atoms with van der Waals surface area (Å²) in [4.78, 5) is 4.21. The molecular weight excluding hydrogens is 288 g/mol. The van der Waals surface area contributed by atoms with Crippen LogP contribution in [0.3, 0.4) is 0 Å². The van der Waals surface area contributed by atoms with Crippen LogP contribution in [0.2, 0.25) is 0 Å². The van der Waals surface area contributed by atoms with Crippen LogP contribution >= 0.6 is 0 Å². The van der Waals surface area contributed by atoms with Crippen LogP contribution in [0.5, 0.6) is 0 Å². The molecule has 1 aromatic heterocycles. The smallest absolute Gasteiger partial charge is 0.238 e. The molecule has 1 heterocycles. The molecule has 0 radical (unpaired) electrons. The predicted octanol–water partition coefficient (Wildman–Crippen LogP) is 1.26. The summed E-state index contributed by atoms with van der Waals surface area (Å²) < 4.78 is 22.3. The number of nitrogens with zero attached hydrogens (tertiary/aromatic N) is 2. The van der Waals surface area contributed by atoms with Crippen molar-refractivity contribution < 1.29 is 8.42 Å². The summed E-state index contributed by atoms with van der Waals surface area (Å²) in [6.45, 7) is 0.622. The van der Waals surface area contributed by atoms with Gasteiger partial charge in [0.25, 0.3) is 0 Å². The fourth-order valence-corrected chi connectivity index (χ4v) is 2.29. The number of anilines is 1. The quantitative estimate of drug-likeness (QED) is 0.864. The van der Waals surface area contributed by atoms with Gasteiger partial charge in [-0.1, -0.05) is 12.1 Å². The number of hydrogen-bond acceptors (Lipinski definition) is 5. The van der Waals surface area contributed by atoms with Crippen LogP contribution < -0.4 is 10.5 Å². The third kappa shape index (κ3) is 4.27. The van der Waals surface area contributed by atoms with E-state index in [-0.39, 0.29) is 4.90 Å². The van der Waals surface area contributed by atoms with E-state index in [9.17, 15) is 8.42 Å². The summed E-state index contributed by atoms with van der Waals surface area (Å²) in [6, 6.07) is 11.8. The Morgan fingerprint density at radius 1 is 1.24 bits per heavy atom. The number of primary sulfonamides is 1. The molecule has 7 heteroatoms. The number of nitrogens with one attached hydrogen (secondary N) is 1. The first-order valence-corrected chi connectivity index (χ1v) is 7.75. The Balaban J connectivity index is 1.93. The van der Waals surface area contributed by atoms with Crippen molar-refractivity contribution in [3.8, 4) is 6.07 Å². The van der Waals surface area contributed by atoms with Crippen molar-refractivity contribution in [3.05, 3.63) is 53.7 Å². The minimum Gasteiger partial charge on any atom is -0.370 e. The summed E-state index contributed by atoms with van der Waals surface area (Å²) in [5.41, 5.74) is 1.52. The van der Waals surface area contributed by atoms with Gasteiger partial charge < -0.3 is 5.32 Å². The molecule has 2 rings (SSSR count). The number of pyridine rings is 1. The summed E-state index contributed by atoms with van der Waals surface area (Å²) in [7, 11) is -3.65. The molecule has 0 bridgehead atoms. The highest BCUT2D eigenvalue weighted by atomic mass is 32.2. The fraction of sp³-hybridized carbons (Fsp3) is 0.143. The second-order valence-corrected chi connectivity index (χ2v) is 5.97. The Hall–Kier alpha value is -2.43. The first-order chi connectivity index (χ1) is 9.99. The van der Waals surface area contributed by atoms with Crippen LogP contribution in [-0.4, -0.2) is 19.9 Å². The van der Waals surface area contributed by atoms with Gasteiger partial charge in [-0.15, -0.1) is 0 Å². The van der Waals surface area contributed by atoms with Gasteiger partial charge in [-0.25, -0.2) is 18.5 Å². The summed E-state index contributed by atoms with van der Waals surface area (Å²) in [5, 5.41) is 16.9. The van der Waals surface area contributed by atoms with E-state index < -0.39 is 10.0 Å². The van der Waals surface area contributed by atoms with Gasteiger partial charge >= 0.3 is 0 Å². The molecule has 3 N–H and O–H groups in total. The molecule has 0 saturated heterocycles. The zero-order valence-corrected chi connectivity index (χ0v) is 12.0. The van der Waals surface area contributed by atoms with Crippen LogP contribution in [0.15, 0.2) is 47.5 Å². The van der Waals surface area contributed by atoms with Gasteiger partial charge in [0.1, 0.15) is 5.82 Å². The van der Waals surface area contributed by atoms with Gasteiger partial charge in [-0.2, -0.15) is 5.26 Å². The number of rotatable bonds is 5. The lowest BCUT2D eigenvalue weighted by atomic mass is 10.1. The fourth-order valence-electron chi connectivity index (χ4n) is 1.78. The molecule has 0 unspecified atom stereocenters. The molecule has 0 amide bonds.